The molecule has 0 spiro atoms. The summed E-state index contributed by atoms with van der Waals surface area (Å²) in [6.07, 6.45) is 2.95. The Morgan fingerprint density at radius 1 is 1.00 bits per heavy atom. The molecule has 0 saturated heterocycles. The molecule has 2 aromatic carbocycles. The molecule has 1 aromatic heterocycles. The van der Waals surface area contributed by atoms with Crippen LogP contribution in [0.2, 0.25) is 0 Å². The molecule has 9 heteroatoms. The number of benzene rings is 2. The van der Waals surface area contributed by atoms with Gasteiger partial charge in [-0.1, -0.05) is 0 Å². The van der Waals surface area contributed by atoms with E-state index >= 15 is 0 Å². The topological polar surface area (TPSA) is 106 Å². The van der Waals surface area contributed by atoms with Crippen LogP contribution in [0, 0.1) is 0 Å². The molecule has 9 nitrogen and oxygen atoms in total. The van der Waals surface area contributed by atoms with Gasteiger partial charge >= 0.3 is 5.97 Å². The molecular formula is C20H19N5O4. The van der Waals surface area contributed by atoms with Crippen LogP contribution >= 0.6 is 0 Å². The van der Waals surface area contributed by atoms with E-state index in [1.54, 1.807) is 73.6 Å². The lowest BCUT2D eigenvalue weighted by molar-refractivity contribution is -0.119. The van der Waals surface area contributed by atoms with Gasteiger partial charge in [-0.25, -0.2) is 14.5 Å². The molecule has 0 aliphatic rings. The van der Waals surface area contributed by atoms with Crippen molar-refractivity contribution in [2.24, 2.45) is 0 Å². The van der Waals surface area contributed by atoms with E-state index in [2.05, 4.69) is 15.4 Å². The number of hydrogen-bond donors (Lipinski definition) is 1. The minimum Gasteiger partial charge on any atom is -0.452 e. The average molecular weight is 393 g/mol. The molecule has 0 saturated carbocycles. The highest BCUT2D eigenvalue weighted by molar-refractivity contribution is 5.97. The molecule has 0 atom stereocenters. The van der Waals surface area contributed by atoms with E-state index in [4.69, 9.17) is 4.74 Å². The van der Waals surface area contributed by atoms with E-state index in [-0.39, 0.29) is 5.91 Å². The molecule has 0 aliphatic heterocycles. The normalized spacial score (nSPS) is 10.3. The second-order valence-corrected chi connectivity index (χ2v) is 6.29. The summed E-state index contributed by atoms with van der Waals surface area (Å²) in [6, 6.07) is 13.0. The maximum absolute atomic E-state index is 12.1. The molecule has 29 heavy (non-hydrogen) atoms. The van der Waals surface area contributed by atoms with Gasteiger partial charge in [0.15, 0.2) is 6.61 Å². The zero-order chi connectivity index (χ0) is 20.8. The lowest BCUT2D eigenvalue weighted by Gasteiger charge is -2.11. The van der Waals surface area contributed by atoms with E-state index in [1.165, 1.54) is 11.2 Å². The number of rotatable bonds is 6. The number of carbonyl (C=O) groups excluding carboxylic acids is 3. The maximum Gasteiger partial charge on any atom is 0.338 e. The van der Waals surface area contributed by atoms with Crippen LogP contribution in [-0.4, -0.2) is 58.2 Å². The van der Waals surface area contributed by atoms with Gasteiger partial charge in [-0.2, -0.15) is 5.10 Å². The molecule has 1 heterocycles. The van der Waals surface area contributed by atoms with Crippen LogP contribution in [0.4, 0.5) is 5.69 Å². The van der Waals surface area contributed by atoms with Crippen LogP contribution in [0.25, 0.3) is 5.69 Å². The summed E-state index contributed by atoms with van der Waals surface area (Å²) in [6.45, 7) is -0.429. The Morgan fingerprint density at radius 3 is 2.24 bits per heavy atom. The number of nitrogens with zero attached hydrogens (tertiary/aromatic N) is 4. The Bertz CT molecular complexity index is 996. The summed E-state index contributed by atoms with van der Waals surface area (Å²) in [7, 11) is 3.32. The monoisotopic (exact) mass is 393 g/mol. The molecule has 1 N–H and O–H groups in total. The summed E-state index contributed by atoms with van der Waals surface area (Å²) in [4.78, 5) is 41.3. The van der Waals surface area contributed by atoms with E-state index in [0.29, 0.717) is 16.8 Å². The van der Waals surface area contributed by atoms with Crippen molar-refractivity contribution >= 4 is 23.5 Å². The minimum atomic E-state index is -0.614. The lowest BCUT2D eigenvalue weighted by atomic mass is 10.2. The number of anilines is 1. The summed E-state index contributed by atoms with van der Waals surface area (Å²) < 4.78 is 6.60. The van der Waals surface area contributed by atoms with E-state index < -0.39 is 18.5 Å². The fourth-order valence-corrected chi connectivity index (χ4v) is 2.46. The molecule has 0 fully saturated rings. The third kappa shape index (κ3) is 5.04. The van der Waals surface area contributed by atoms with Gasteiger partial charge in [0.25, 0.3) is 11.8 Å². The van der Waals surface area contributed by atoms with Gasteiger partial charge in [0, 0.05) is 25.3 Å². The van der Waals surface area contributed by atoms with Crippen LogP contribution in [-0.2, 0) is 9.53 Å². The highest BCUT2D eigenvalue weighted by Gasteiger charge is 2.12. The summed E-state index contributed by atoms with van der Waals surface area (Å²) in [5.41, 5.74) is 2.06. The second kappa shape index (κ2) is 8.79. The van der Waals surface area contributed by atoms with Gasteiger partial charge in [0.2, 0.25) is 0 Å². The van der Waals surface area contributed by atoms with E-state index in [0.717, 1.165) is 5.69 Å². The fourth-order valence-electron chi connectivity index (χ4n) is 2.46. The zero-order valence-corrected chi connectivity index (χ0v) is 15.9. The van der Waals surface area contributed by atoms with Crippen LogP contribution in [0.1, 0.15) is 20.7 Å². The molecular weight excluding hydrogens is 374 g/mol. The van der Waals surface area contributed by atoms with Gasteiger partial charge in [0.1, 0.15) is 12.7 Å². The van der Waals surface area contributed by atoms with Gasteiger partial charge in [-0.15, -0.1) is 0 Å². The SMILES string of the molecule is CN(C)C(=O)c1ccc(NC(=O)COC(=O)c2ccc(-n3cncn3)cc2)cc1. The van der Waals surface area contributed by atoms with Crippen molar-refractivity contribution in [1.82, 2.24) is 19.7 Å². The zero-order valence-electron chi connectivity index (χ0n) is 15.9. The van der Waals surface area contributed by atoms with Crippen molar-refractivity contribution in [3.8, 4) is 5.69 Å². The summed E-state index contributed by atoms with van der Waals surface area (Å²) >= 11 is 0. The third-order valence-electron chi connectivity index (χ3n) is 3.94. The highest BCUT2D eigenvalue weighted by Crippen LogP contribution is 2.12. The molecule has 148 valence electrons. The Kier molecular flexibility index (Phi) is 5.98. The lowest BCUT2D eigenvalue weighted by Crippen LogP contribution is -2.22. The Balaban J connectivity index is 1.51. The van der Waals surface area contributed by atoms with E-state index in [9.17, 15) is 14.4 Å². The minimum absolute atomic E-state index is 0.133. The van der Waals surface area contributed by atoms with Crippen molar-refractivity contribution in [1.29, 1.82) is 0 Å². The first-order chi connectivity index (χ1) is 13.9. The largest absolute Gasteiger partial charge is 0.452 e. The molecule has 0 radical (unpaired) electrons. The Hall–Kier alpha value is -4.01. The van der Waals surface area contributed by atoms with Crippen molar-refractivity contribution in [2.45, 2.75) is 0 Å². The number of hydrogen-bond acceptors (Lipinski definition) is 6. The quantitative estimate of drug-likeness (QED) is 0.640. The van der Waals surface area contributed by atoms with Gasteiger partial charge in [-0.3, -0.25) is 9.59 Å². The maximum atomic E-state index is 12.1. The first kappa shape index (κ1) is 19.7. The molecule has 3 aromatic rings. The van der Waals surface area contributed by atoms with Crippen molar-refractivity contribution in [3.63, 3.8) is 0 Å². The predicted octanol–water partition coefficient (Wildman–Crippen LogP) is 1.76. The molecule has 0 aliphatic carbocycles. The number of nitrogens with one attached hydrogen (secondary N) is 1. The summed E-state index contributed by atoms with van der Waals surface area (Å²) in [5, 5.41) is 6.61. The van der Waals surface area contributed by atoms with Gasteiger partial charge in [-0.05, 0) is 48.5 Å². The van der Waals surface area contributed by atoms with Gasteiger partial charge < -0.3 is 15.0 Å². The third-order valence-corrected chi connectivity index (χ3v) is 3.94. The molecule has 0 bridgehead atoms. The van der Waals surface area contributed by atoms with Gasteiger partial charge in [0.05, 0.1) is 11.3 Å². The number of amides is 2. The number of esters is 1. The fraction of sp³-hybridized carbons (Fsp3) is 0.150. The van der Waals surface area contributed by atoms with Crippen molar-refractivity contribution in [3.05, 3.63) is 72.3 Å². The molecule has 3 rings (SSSR count). The second-order valence-electron chi connectivity index (χ2n) is 6.29. The van der Waals surface area contributed by atoms with Crippen LogP contribution in [0.3, 0.4) is 0 Å². The van der Waals surface area contributed by atoms with Crippen LogP contribution in [0.15, 0.2) is 61.2 Å². The Morgan fingerprint density at radius 2 is 1.66 bits per heavy atom. The van der Waals surface area contributed by atoms with Crippen molar-refractivity contribution < 1.29 is 19.1 Å². The number of ether oxygens (including phenoxy) is 1. The van der Waals surface area contributed by atoms with E-state index in [1.807, 2.05) is 0 Å². The first-order valence-corrected chi connectivity index (χ1v) is 8.68. The van der Waals surface area contributed by atoms with Crippen LogP contribution in [0.5, 0.6) is 0 Å². The first-order valence-electron chi connectivity index (χ1n) is 8.68. The standard InChI is InChI=1S/C20H19N5O4/c1-24(2)19(27)14-3-7-16(8-4-14)23-18(26)11-29-20(28)15-5-9-17(10-6-15)25-13-21-12-22-25/h3-10,12-13H,11H2,1-2H3,(H,23,26). The Labute approximate surface area is 166 Å². The van der Waals surface area contributed by atoms with Crippen LogP contribution < -0.4 is 5.32 Å². The average Bonchev–Trinajstić information content (AvgIpc) is 3.27. The number of carbonyl (C=O) groups is 3. The number of aromatic nitrogens is 3. The van der Waals surface area contributed by atoms with Crippen molar-refractivity contribution in [2.75, 3.05) is 26.0 Å². The smallest absolute Gasteiger partial charge is 0.338 e. The highest BCUT2D eigenvalue weighted by atomic mass is 16.5. The molecule has 2 amide bonds. The molecule has 0 unspecified atom stereocenters. The summed E-state index contributed by atoms with van der Waals surface area (Å²) in [5.74, 6) is -1.23. The predicted molar refractivity (Wildman–Crippen MR) is 105 cm³/mol.